The first-order valence-electron chi connectivity index (χ1n) is 13.9. The van der Waals surface area contributed by atoms with Gasteiger partial charge in [0, 0.05) is 36.6 Å². The highest BCUT2D eigenvalue weighted by Gasteiger charge is 2.35. The van der Waals surface area contributed by atoms with Crippen LogP contribution >= 0.6 is 11.3 Å². The zero-order valence-corrected chi connectivity index (χ0v) is 24.2. The average molecular weight is 608 g/mol. The number of amides is 1. The van der Waals surface area contributed by atoms with Gasteiger partial charge in [-0.05, 0) is 49.3 Å². The third-order valence-electron chi connectivity index (χ3n) is 8.10. The Kier molecular flexibility index (Phi) is 7.89. The summed E-state index contributed by atoms with van der Waals surface area (Å²) in [4.78, 5) is 34.6. The number of piperazine rings is 1. The monoisotopic (exact) mass is 607 g/mol. The molecule has 0 aliphatic carbocycles. The Hall–Kier alpha value is -4.28. The lowest BCUT2D eigenvalue weighted by Crippen LogP contribution is -2.56. The molecule has 4 aromatic rings. The number of carbonyl (C=O) groups excluding carboxylic acids is 1. The van der Waals surface area contributed by atoms with Crippen molar-refractivity contribution >= 4 is 44.1 Å². The van der Waals surface area contributed by atoms with E-state index in [0.29, 0.717) is 17.1 Å². The summed E-state index contributed by atoms with van der Waals surface area (Å²) in [6.07, 6.45) is 3.39. The molecule has 6 rings (SSSR count). The molecule has 5 heterocycles. The number of fused-ring (bicyclic) bond motifs is 2. The van der Waals surface area contributed by atoms with E-state index in [1.807, 2.05) is 13.1 Å². The minimum absolute atomic E-state index is 0.0500. The molecule has 1 aromatic carbocycles. The van der Waals surface area contributed by atoms with Crippen LogP contribution < -0.4 is 9.64 Å². The fourth-order valence-corrected chi connectivity index (χ4v) is 6.76. The highest BCUT2D eigenvalue weighted by Crippen LogP contribution is 2.38. The van der Waals surface area contributed by atoms with Gasteiger partial charge in [-0.15, -0.1) is 11.3 Å². The van der Waals surface area contributed by atoms with Gasteiger partial charge in [-0.3, -0.25) is 9.78 Å². The molecule has 2 aliphatic heterocycles. The van der Waals surface area contributed by atoms with E-state index in [-0.39, 0.29) is 60.4 Å². The maximum absolute atomic E-state index is 16.4. The third kappa shape index (κ3) is 5.36. The number of pyridine rings is 1. The van der Waals surface area contributed by atoms with Crippen molar-refractivity contribution in [2.75, 3.05) is 51.3 Å². The summed E-state index contributed by atoms with van der Waals surface area (Å²) >= 11 is 1.29. The van der Waals surface area contributed by atoms with Gasteiger partial charge in [-0.1, -0.05) is 12.6 Å². The third-order valence-corrected chi connectivity index (χ3v) is 9.05. The minimum Gasteiger partial charge on any atom is -0.462 e. The summed E-state index contributed by atoms with van der Waals surface area (Å²) in [6, 6.07) is 4.20. The Labute approximate surface area is 250 Å². The average Bonchev–Trinajstić information content (AvgIpc) is 3.65. The van der Waals surface area contributed by atoms with Crippen LogP contribution in [-0.2, 0) is 4.79 Å². The second-order valence-corrected chi connectivity index (χ2v) is 11.6. The molecule has 0 spiro atoms. The first-order chi connectivity index (χ1) is 20.8. The Morgan fingerprint density at radius 1 is 1.21 bits per heavy atom. The zero-order valence-electron chi connectivity index (χ0n) is 23.4. The highest BCUT2D eigenvalue weighted by molar-refractivity contribution is 7.17. The molecule has 2 saturated heterocycles. The molecule has 3 aromatic heterocycles. The van der Waals surface area contributed by atoms with E-state index in [0.717, 1.165) is 24.8 Å². The quantitative estimate of drug-likeness (QED) is 0.214. The Balaban J connectivity index is 1.45. The summed E-state index contributed by atoms with van der Waals surface area (Å²) in [7, 11) is 2.01. The Bertz CT molecular complexity index is 1770. The van der Waals surface area contributed by atoms with Crippen LogP contribution in [0.15, 0.2) is 42.2 Å². The van der Waals surface area contributed by atoms with E-state index >= 15 is 8.78 Å². The Morgan fingerprint density at radius 2 is 2.05 bits per heavy atom. The minimum atomic E-state index is -1.10. The van der Waals surface area contributed by atoms with Crippen LogP contribution in [0.2, 0.25) is 0 Å². The maximum atomic E-state index is 16.4. The second-order valence-electron chi connectivity index (χ2n) is 10.7. The first-order valence-corrected chi connectivity index (χ1v) is 14.7. The Morgan fingerprint density at radius 3 is 2.79 bits per heavy atom. The molecule has 0 bridgehead atoms. The molecule has 0 radical (unpaired) electrons. The standard InChI is InChI=1S/C30H28F3N7O2S/c1-17(31)29(41)40-11-10-39(15-20(40)13-34-2)28-21-14-35-26(23-22(32)7-6-18-8-12-43-27(18)23)24(33)25(21)36-30(37-28)42-16-19-5-4-9-38(19)3/h6-8,12,14,19-20H,1,4-5,9-11,13,15-16H2,3H3/t19-,20-/m0/s1. The van der Waals surface area contributed by atoms with Crippen LogP contribution in [0.25, 0.3) is 37.1 Å². The molecule has 0 unspecified atom stereocenters. The van der Waals surface area contributed by atoms with Gasteiger partial charge < -0.3 is 24.3 Å². The van der Waals surface area contributed by atoms with Crippen molar-refractivity contribution < 1.29 is 22.7 Å². The maximum Gasteiger partial charge on any atom is 0.319 e. The fraction of sp³-hybridized carbons (Fsp3) is 0.367. The van der Waals surface area contributed by atoms with Gasteiger partial charge in [0.05, 0.1) is 10.9 Å². The topological polar surface area (TPSA) is 79.1 Å². The molecule has 0 saturated carbocycles. The number of ether oxygens (including phenoxy) is 1. The van der Waals surface area contributed by atoms with Gasteiger partial charge in [-0.25, -0.2) is 19.7 Å². The number of likely N-dealkylation sites (N-methyl/N-ethyl adjacent to an activating group) is 1. The van der Waals surface area contributed by atoms with Crippen molar-refractivity contribution in [3.63, 3.8) is 0 Å². The molecular weight excluding hydrogens is 579 g/mol. The number of hydrogen-bond donors (Lipinski definition) is 0. The van der Waals surface area contributed by atoms with E-state index in [1.165, 1.54) is 28.5 Å². The van der Waals surface area contributed by atoms with Crippen LogP contribution in [0.4, 0.5) is 19.0 Å². The predicted octanol–water partition coefficient (Wildman–Crippen LogP) is 5.08. The summed E-state index contributed by atoms with van der Waals surface area (Å²) in [6.45, 7) is 12.1. The van der Waals surface area contributed by atoms with Crippen molar-refractivity contribution in [1.82, 2.24) is 24.8 Å². The number of benzene rings is 1. The number of halogens is 3. The van der Waals surface area contributed by atoms with Crippen molar-refractivity contribution in [3.8, 4) is 17.3 Å². The molecule has 222 valence electrons. The van der Waals surface area contributed by atoms with Crippen LogP contribution in [0.3, 0.4) is 0 Å². The second kappa shape index (κ2) is 11.8. The molecule has 2 aliphatic rings. The van der Waals surface area contributed by atoms with E-state index in [2.05, 4.69) is 31.3 Å². The highest BCUT2D eigenvalue weighted by atomic mass is 32.1. The molecule has 1 amide bonds. The zero-order chi connectivity index (χ0) is 30.2. The van der Waals surface area contributed by atoms with Gasteiger partial charge in [0.15, 0.2) is 11.6 Å². The van der Waals surface area contributed by atoms with E-state index in [9.17, 15) is 9.18 Å². The number of likely N-dealkylation sites (tertiary alicyclic amines) is 1. The molecular formula is C30H28F3N7O2S. The number of carbonyl (C=O) groups is 1. The smallest absolute Gasteiger partial charge is 0.319 e. The van der Waals surface area contributed by atoms with Crippen LogP contribution in [0, 0.1) is 18.2 Å². The summed E-state index contributed by atoms with van der Waals surface area (Å²) in [5.41, 5.74) is -0.208. The summed E-state index contributed by atoms with van der Waals surface area (Å²) in [5.74, 6) is -3.09. The lowest BCUT2D eigenvalue weighted by atomic mass is 10.1. The number of anilines is 1. The SMILES string of the molecule is [C-]#[N+]C[C@H]1CN(c2nc(OC[C@@H]3CCCN3C)nc3c(F)c(-c4c(F)ccc5ccsc45)ncc23)CCN1C(=O)C(=C)F. The number of rotatable bonds is 7. The van der Waals surface area contributed by atoms with Gasteiger partial charge in [0.25, 0.3) is 5.91 Å². The molecule has 2 fully saturated rings. The molecule has 9 nitrogen and oxygen atoms in total. The molecule has 0 N–H and O–H groups in total. The number of hydrogen-bond acceptors (Lipinski definition) is 8. The summed E-state index contributed by atoms with van der Waals surface area (Å²) in [5, 5.41) is 2.84. The number of aromatic nitrogens is 3. The van der Waals surface area contributed by atoms with Crippen LogP contribution in [-0.4, -0.2) is 89.1 Å². The van der Waals surface area contributed by atoms with E-state index in [4.69, 9.17) is 11.3 Å². The van der Waals surface area contributed by atoms with Crippen LogP contribution in [0.1, 0.15) is 12.8 Å². The van der Waals surface area contributed by atoms with Crippen molar-refractivity contribution in [2.45, 2.75) is 24.9 Å². The fourth-order valence-electron chi connectivity index (χ4n) is 5.82. The normalized spacial score (nSPS) is 19.2. The van der Waals surface area contributed by atoms with Gasteiger partial charge in [0.1, 0.15) is 35.5 Å². The summed E-state index contributed by atoms with van der Waals surface area (Å²) < 4.78 is 51.9. The first kappa shape index (κ1) is 28.8. The molecule has 43 heavy (non-hydrogen) atoms. The van der Waals surface area contributed by atoms with Crippen molar-refractivity contribution in [1.29, 1.82) is 0 Å². The van der Waals surface area contributed by atoms with E-state index in [1.54, 1.807) is 16.3 Å². The van der Waals surface area contributed by atoms with Gasteiger partial charge in [0.2, 0.25) is 6.54 Å². The largest absolute Gasteiger partial charge is 0.462 e. The van der Waals surface area contributed by atoms with Crippen LogP contribution in [0.5, 0.6) is 6.01 Å². The van der Waals surface area contributed by atoms with E-state index < -0.39 is 29.4 Å². The molecule has 2 atom stereocenters. The van der Waals surface area contributed by atoms with Crippen molar-refractivity contribution in [3.05, 3.63) is 65.2 Å². The van der Waals surface area contributed by atoms with Gasteiger partial charge in [-0.2, -0.15) is 9.97 Å². The molecule has 13 heteroatoms. The van der Waals surface area contributed by atoms with Crippen molar-refractivity contribution in [2.24, 2.45) is 0 Å². The predicted molar refractivity (Wildman–Crippen MR) is 159 cm³/mol. The van der Waals surface area contributed by atoms with Gasteiger partial charge >= 0.3 is 6.01 Å². The lowest BCUT2D eigenvalue weighted by Gasteiger charge is -2.39. The number of nitrogens with zero attached hydrogens (tertiary/aromatic N) is 7. The lowest BCUT2D eigenvalue weighted by molar-refractivity contribution is -0.131. The number of thiophene rings is 1.